The van der Waals surface area contributed by atoms with Crippen LogP contribution >= 0.6 is 11.5 Å². The van der Waals surface area contributed by atoms with Crippen LogP contribution in [0.3, 0.4) is 0 Å². The maximum atomic E-state index is 12.7. The van der Waals surface area contributed by atoms with Crippen LogP contribution in [0, 0.1) is 11.8 Å². The zero-order valence-corrected chi connectivity index (χ0v) is 18.4. The van der Waals surface area contributed by atoms with Crippen LogP contribution in [0.1, 0.15) is 19.0 Å². The molecule has 1 fully saturated rings. The number of aryl methyl sites for hydroxylation is 1. The molecule has 1 aliphatic rings. The number of carbonyl (C=O) groups is 1. The molecule has 0 radical (unpaired) electrons. The summed E-state index contributed by atoms with van der Waals surface area (Å²) in [6, 6.07) is 11.9. The van der Waals surface area contributed by atoms with E-state index in [9.17, 15) is 4.79 Å². The first-order valence-electron chi connectivity index (χ1n) is 10.2. The van der Waals surface area contributed by atoms with Crippen LogP contribution in [0.15, 0.2) is 42.6 Å². The summed E-state index contributed by atoms with van der Waals surface area (Å²) < 4.78 is 11.8. The lowest BCUT2D eigenvalue weighted by atomic mass is 10.0. The summed E-state index contributed by atoms with van der Waals surface area (Å²) in [6.07, 6.45) is 2.92. The molecule has 1 aliphatic carbocycles. The second-order valence-electron chi connectivity index (χ2n) is 8.07. The van der Waals surface area contributed by atoms with E-state index in [0.29, 0.717) is 12.5 Å². The van der Waals surface area contributed by atoms with Crippen LogP contribution in [0.25, 0.3) is 33.4 Å². The lowest BCUT2D eigenvalue weighted by Crippen LogP contribution is -2.14. The largest absolute Gasteiger partial charge is 0.378 e. The predicted molar refractivity (Wildman–Crippen MR) is 122 cm³/mol. The molecule has 1 aromatic carbocycles. The number of benzene rings is 1. The third-order valence-corrected chi connectivity index (χ3v) is 6.39. The Labute approximate surface area is 184 Å². The van der Waals surface area contributed by atoms with Crippen molar-refractivity contribution in [1.29, 1.82) is 0 Å². The second-order valence-corrected chi connectivity index (χ2v) is 8.84. The first-order chi connectivity index (χ1) is 15.0. The standard InChI is InChI=1S/C23H23N5O2S/c1-13-9-17(13)22(29)25-23-20(19-6-4-5-16(24-19)12-30-3)21(27-31-23)14-7-8-18-15(10-14)11-28(2)26-18/h4-8,10-11,13,17H,9,12H2,1-3H3,(H,25,29)/t13-,17-/m1/s1. The molecule has 3 heterocycles. The molecule has 0 aliphatic heterocycles. The molecule has 4 aromatic rings. The minimum absolute atomic E-state index is 0.0553. The summed E-state index contributed by atoms with van der Waals surface area (Å²) in [7, 11) is 3.56. The second kappa shape index (κ2) is 7.86. The molecule has 7 nitrogen and oxygen atoms in total. The van der Waals surface area contributed by atoms with Gasteiger partial charge in [-0.1, -0.05) is 19.1 Å². The van der Waals surface area contributed by atoms with Crippen LogP contribution < -0.4 is 5.32 Å². The number of nitrogens with one attached hydrogen (secondary N) is 1. The van der Waals surface area contributed by atoms with Crippen LogP contribution in [0.2, 0.25) is 0 Å². The van der Waals surface area contributed by atoms with Crippen molar-refractivity contribution in [3.05, 3.63) is 48.3 Å². The fourth-order valence-corrected chi connectivity index (χ4v) is 4.66. The summed E-state index contributed by atoms with van der Waals surface area (Å²) in [5.41, 5.74) is 5.13. The number of hydrogen-bond donors (Lipinski definition) is 1. The molecule has 3 aromatic heterocycles. The number of pyridine rings is 1. The van der Waals surface area contributed by atoms with Gasteiger partial charge in [-0.3, -0.25) is 14.5 Å². The Morgan fingerprint density at radius 3 is 2.94 bits per heavy atom. The van der Waals surface area contributed by atoms with Gasteiger partial charge in [0, 0.05) is 37.2 Å². The lowest BCUT2D eigenvalue weighted by Gasteiger charge is -2.09. The summed E-state index contributed by atoms with van der Waals surface area (Å²) in [5, 5.41) is 9.34. The quantitative estimate of drug-likeness (QED) is 0.484. The van der Waals surface area contributed by atoms with E-state index in [4.69, 9.17) is 14.1 Å². The molecule has 0 unspecified atom stereocenters. The van der Waals surface area contributed by atoms with Crippen molar-refractivity contribution in [2.45, 2.75) is 20.0 Å². The van der Waals surface area contributed by atoms with Crippen molar-refractivity contribution < 1.29 is 9.53 Å². The normalized spacial score (nSPS) is 17.8. The number of amides is 1. The molecule has 2 atom stereocenters. The maximum absolute atomic E-state index is 12.7. The first-order valence-corrected chi connectivity index (χ1v) is 11.0. The van der Waals surface area contributed by atoms with Crippen molar-refractivity contribution in [3.8, 4) is 22.5 Å². The van der Waals surface area contributed by atoms with Gasteiger partial charge in [0.2, 0.25) is 5.91 Å². The van der Waals surface area contributed by atoms with Gasteiger partial charge in [-0.05, 0) is 48.1 Å². The van der Waals surface area contributed by atoms with E-state index in [1.54, 1.807) is 11.8 Å². The van der Waals surface area contributed by atoms with Gasteiger partial charge >= 0.3 is 0 Å². The van der Waals surface area contributed by atoms with E-state index >= 15 is 0 Å². The van der Waals surface area contributed by atoms with Crippen LogP contribution in [-0.4, -0.2) is 32.2 Å². The first kappa shape index (κ1) is 19.8. The van der Waals surface area contributed by atoms with Crippen molar-refractivity contribution in [2.75, 3.05) is 12.4 Å². The Morgan fingerprint density at radius 1 is 1.32 bits per heavy atom. The minimum atomic E-state index is 0.0553. The minimum Gasteiger partial charge on any atom is -0.378 e. The molecule has 5 rings (SSSR count). The van der Waals surface area contributed by atoms with Gasteiger partial charge < -0.3 is 10.1 Å². The van der Waals surface area contributed by atoms with Gasteiger partial charge in [0.05, 0.1) is 34.8 Å². The summed E-state index contributed by atoms with van der Waals surface area (Å²) >= 11 is 1.30. The highest BCUT2D eigenvalue weighted by Gasteiger charge is 2.39. The number of methoxy groups -OCH3 is 1. The molecule has 31 heavy (non-hydrogen) atoms. The molecule has 1 amide bonds. The molecule has 0 saturated heterocycles. The molecule has 0 bridgehead atoms. The summed E-state index contributed by atoms with van der Waals surface area (Å²) in [6.45, 7) is 2.52. The SMILES string of the molecule is COCc1cccc(-c2c(-c3ccc4nn(C)cc4c3)nsc2NC(=O)[C@@H]2C[C@H]2C)n1. The number of nitrogens with zero attached hydrogens (tertiary/aromatic N) is 4. The maximum Gasteiger partial charge on any atom is 0.228 e. The fourth-order valence-electron chi connectivity index (χ4n) is 3.85. The van der Waals surface area contributed by atoms with E-state index in [1.165, 1.54) is 11.5 Å². The monoisotopic (exact) mass is 433 g/mol. The molecule has 1 saturated carbocycles. The van der Waals surface area contributed by atoms with Gasteiger partial charge in [-0.25, -0.2) is 0 Å². The van der Waals surface area contributed by atoms with E-state index < -0.39 is 0 Å². The van der Waals surface area contributed by atoms with Crippen LogP contribution in [0.5, 0.6) is 0 Å². The highest BCUT2D eigenvalue weighted by atomic mass is 32.1. The van der Waals surface area contributed by atoms with Gasteiger partial charge in [-0.15, -0.1) is 0 Å². The summed E-state index contributed by atoms with van der Waals surface area (Å²) in [5.74, 6) is 0.574. The van der Waals surface area contributed by atoms with Crippen molar-refractivity contribution in [2.24, 2.45) is 18.9 Å². The Hall–Kier alpha value is -3.10. The zero-order valence-electron chi connectivity index (χ0n) is 17.6. The topological polar surface area (TPSA) is 81.9 Å². The molecule has 1 N–H and O–H groups in total. The molecular weight excluding hydrogens is 410 g/mol. The molecule has 0 spiro atoms. The molecule has 8 heteroatoms. The average molecular weight is 434 g/mol. The third kappa shape index (κ3) is 3.84. The smallest absolute Gasteiger partial charge is 0.228 e. The average Bonchev–Trinajstić information content (AvgIpc) is 3.17. The van der Waals surface area contributed by atoms with Gasteiger partial charge in [-0.2, -0.15) is 9.47 Å². The Kier molecular flexibility index (Phi) is 5.03. The number of ether oxygens (including phenoxy) is 1. The van der Waals surface area contributed by atoms with Crippen LogP contribution in [-0.2, 0) is 23.2 Å². The zero-order chi connectivity index (χ0) is 21.5. The highest BCUT2D eigenvalue weighted by molar-refractivity contribution is 7.11. The van der Waals surface area contributed by atoms with E-state index in [0.717, 1.165) is 50.5 Å². The Balaban J connectivity index is 1.61. The number of aromatic nitrogens is 4. The summed E-state index contributed by atoms with van der Waals surface area (Å²) in [4.78, 5) is 17.5. The van der Waals surface area contributed by atoms with Crippen LogP contribution in [0.4, 0.5) is 5.00 Å². The number of fused-ring (bicyclic) bond motifs is 1. The van der Waals surface area contributed by atoms with E-state index in [-0.39, 0.29) is 11.8 Å². The Bertz CT molecular complexity index is 1280. The highest BCUT2D eigenvalue weighted by Crippen LogP contribution is 2.43. The Morgan fingerprint density at radius 2 is 2.16 bits per heavy atom. The van der Waals surface area contributed by atoms with Crippen molar-refractivity contribution >= 4 is 33.3 Å². The van der Waals surface area contributed by atoms with Gasteiger partial charge in [0.1, 0.15) is 5.00 Å². The number of carbonyl (C=O) groups excluding carboxylic acids is 1. The lowest BCUT2D eigenvalue weighted by molar-refractivity contribution is -0.117. The van der Waals surface area contributed by atoms with Gasteiger partial charge in [0.25, 0.3) is 0 Å². The molecule has 158 valence electrons. The predicted octanol–water partition coefficient (Wildman–Crippen LogP) is 4.50. The van der Waals surface area contributed by atoms with Gasteiger partial charge in [0.15, 0.2) is 0 Å². The van der Waals surface area contributed by atoms with Crippen molar-refractivity contribution in [3.63, 3.8) is 0 Å². The van der Waals surface area contributed by atoms with E-state index in [2.05, 4.69) is 23.4 Å². The van der Waals surface area contributed by atoms with E-state index in [1.807, 2.05) is 43.6 Å². The number of hydrogen-bond acceptors (Lipinski definition) is 6. The molecular formula is C23H23N5O2S. The van der Waals surface area contributed by atoms with Crippen molar-refractivity contribution in [1.82, 2.24) is 19.1 Å². The third-order valence-electron chi connectivity index (χ3n) is 5.62. The fraction of sp³-hybridized carbons (Fsp3) is 0.304. The number of anilines is 1. The number of rotatable bonds is 6.